The molecule has 1 aromatic carbocycles. The monoisotopic (exact) mass is 325 g/mol. The predicted octanol–water partition coefficient (Wildman–Crippen LogP) is 1.83. The standard InChI is InChI=1S/C16H27N3O2S/c1-4-22(20,21)17-10-12-19-11-6-9-16(19)14-7-5-8-15(13-14)18(2)3/h5,7-8,13,16-17H,4,6,9-12H2,1-3H3/t16-/m0/s1. The van der Waals surface area contributed by atoms with Crippen molar-refractivity contribution < 1.29 is 8.42 Å². The van der Waals surface area contributed by atoms with Gasteiger partial charge in [0, 0.05) is 38.9 Å². The van der Waals surface area contributed by atoms with Crippen molar-refractivity contribution in [1.82, 2.24) is 9.62 Å². The fourth-order valence-electron chi connectivity index (χ4n) is 2.93. The molecule has 1 aliphatic heterocycles. The van der Waals surface area contributed by atoms with Crippen LogP contribution in [0.5, 0.6) is 0 Å². The number of nitrogens with one attached hydrogen (secondary N) is 1. The summed E-state index contributed by atoms with van der Waals surface area (Å²) in [6.45, 7) is 3.94. The number of anilines is 1. The quantitative estimate of drug-likeness (QED) is 0.831. The second-order valence-corrected chi connectivity index (χ2v) is 8.08. The lowest BCUT2D eigenvalue weighted by Crippen LogP contribution is -2.35. The lowest BCUT2D eigenvalue weighted by molar-refractivity contribution is 0.262. The van der Waals surface area contributed by atoms with Crippen molar-refractivity contribution in [2.75, 3.05) is 44.4 Å². The first kappa shape index (κ1) is 17.2. The van der Waals surface area contributed by atoms with Crippen LogP contribution in [0.1, 0.15) is 31.4 Å². The van der Waals surface area contributed by atoms with Gasteiger partial charge in [0.15, 0.2) is 0 Å². The van der Waals surface area contributed by atoms with E-state index in [1.165, 1.54) is 11.3 Å². The number of nitrogens with zero attached hydrogens (tertiary/aromatic N) is 2. The molecule has 0 saturated carbocycles. The Kier molecular flexibility index (Phi) is 5.83. The fourth-order valence-corrected chi connectivity index (χ4v) is 3.53. The van der Waals surface area contributed by atoms with E-state index in [1.54, 1.807) is 6.92 Å². The number of hydrogen-bond acceptors (Lipinski definition) is 4. The highest BCUT2D eigenvalue weighted by atomic mass is 32.2. The van der Waals surface area contributed by atoms with E-state index < -0.39 is 10.0 Å². The molecule has 1 aliphatic rings. The van der Waals surface area contributed by atoms with Crippen molar-refractivity contribution in [2.24, 2.45) is 0 Å². The van der Waals surface area contributed by atoms with E-state index in [1.807, 2.05) is 14.1 Å². The molecule has 1 atom stereocenters. The minimum Gasteiger partial charge on any atom is -0.378 e. The van der Waals surface area contributed by atoms with Gasteiger partial charge < -0.3 is 4.90 Å². The number of sulfonamides is 1. The van der Waals surface area contributed by atoms with E-state index in [0.717, 1.165) is 25.9 Å². The summed E-state index contributed by atoms with van der Waals surface area (Å²) in [6, 6.07) is 9.01. The first-order valence-electron chi connectivity index (χ1n) is 7.91. The molecular formula is C16H27N3O2S. The van der Waals surface area contributed by atoms with Crippen LogP contribution in [-0.2, 0) is 10.0 Å². The number of rotatable bonds is 7. The average molecular weight is 325 g/mol. The van der Waals surface area contributed by atoms with E-state index >= 15 is 0 Å². The Balaban J connectivity index is 2.00. The molecule has 1 aromatic rings. The van der Waals surface area contributed by atoms with Crippen LogP contribution >= 0.6 is 0 Å². The maximum Gasteiger partial charge on any atom is 0.211 e. The van der Waals surface area contributed by atoms with Crippen LogP contribution in [-0.4, -0.2) is 52.8 Å². The van der Waals surface area contributed by atoms with Gasteiger partial charge in [-0.25, -0.2) is 13.1 Å². The number of hydrogen-bond donors (Lipinski definition) is 1. The van der Waals surface area contributed by atoms with Gasteiger partial charge in [-0.1, -0.05) is 12.1 Å². The largest absolute Gasteiger partial charge is 0.378 e. The summed E-state index contributed by atoms with van der Waals surface area (Å²) < 4.78 is 25.7. The van der Waals surface area contributed by atoms with Crippen molar-refractivity contribution in [3.05, 3.63) is 29.8 Å². The molecule has 6 heteroatoms. The molecule has 0 spiro atoms. The molecule has 0 unspecified atom stereocenters. The molecule has 5 nitrogen and oxygen atoms in total. The molecule has 1 saturated heterocycles. The summed E-state index contributed by atoms with van der Waals surface area (Å²) in [4.78, 5) is 4.49. The molecule has 0 amide bonds. The lowest BCUT2D eigenvalue weighted by atomic mass is 10.0. The van der Waals surface area contributed by atoms with Gasteiger partial charge in [0.25, 0.3) is 0 Å². The summed E-state index contributed by atoms with van der Waals surface area (Å²) in [7, 11) is 0.999. The maximum atomic E-state index is 11.5. The van der Waals surface area contributed by atoms with Gasteiger partial charge in [0.1, 0.15) is 0 Å². The van der Waals surface area contributed by atoms with Crippen LogP contribution in [0.3, 0.4) is 0 Å². The Morgan fingerprint density at radius 1 is 1.36 bits per heavy atom. The molecule has 0 radical (unpaired) electrons. The zero-order valence-electron chi connectivity index (χ0n) is 13.7. The topological polar surface area (TPSA) is 52.7 Å². The van der Waals surface area contributed by atoms with Crippen LogP contribution in [0.15, 0.2) is 24.3 Å². The van der Waals surface area contributed by atoms with Crippen LogP contribution in [0, 0.1) is 0 Å². The smallest absolute Gasteiger partial charge is 0.211 e. The summed E-state index contributed by atoms with van der Waals surface area (Å²) in [5, 5.41) is 0. The van der Waals surface area contributed by atoms with Gasteiger partial charge >= 0.3 is 0 Å². The Morgan fingerprint density at radius 3 is 2.82 bits per heavy atom. The van der Waals surface area contributed by atoms with Gasteiger partial charge in [0.2, 0.25) is 10.0 Å². The van der Waals surface area contributed by atoms with Crippen molar-refractivity contribution in [3.8, 4) is 0 Å². The van der Waals surface area contributed by atoms with Crippen molar-refractivity contribution in [2.45, 2.75) is 25.8 Å². The van der Waals surface area contributed by atoms with Crippen molar-refractivity contribution >= 4 is 15.7 Å². The number of likely N-dealkylation sites (tertiary alicyclic amines) is 1. The third-order valence-electron chi connectivity index (χ3n) is 4.24. The normalized spacial score (nSPS) is 19.5. The molecule has 124 valence electrons. The van der Waals surface area contributed by atoms with Crippen LogP contribution in [0.2, 0.25) is 0 Å². The summed E-state index contributed by atoms with van der Waals surface area (Å²) in [5.74, 6) is 0.140. The van der Waals surface area contributed by atoms with Crippen LogP contribution in [0.4, 0.5) is 5.69 Å². The van der Waals surface area contributed by atoms with Crippen LogP contribution < -0.4 is 9.62 Å². The molecule has 1 N–H and O–H groups in total. The van der Waals surface area contributed by atoms with Gasteiger partial charge in [-0.2, -0.15) is 0 Å². The summed E-state index contributed by atoms with van der Waals surface area (Å²) in [6.07, 6.45) is 2.30. The zero-order valence-corrected chi connectivity index (χ0v) is 14.6. The zero-order chi connectivity index (χ0) is 16.2. The van der Waals surface area contributed by atoms with Crippen molar-refractivity contribution in [3.63, 3.8) is 0 Å². The van der Waals surface area contributed by atoms with E-state index in [9.17, 15) is 8.42 Å². The highest BCUT2D eigenvalue weighted by Gasteiger charge is 2.26. The Bertz CT molecular complexity index is 587. The van der Waals surface area contributed by atoms with E-state index in [0.29, 0.717) is 12.6 Å². The third-order valence-corrected chi connectivity index (χ3v) is 5.64. The van der Waals surface area contributed by atoms with Crippen LogP contribution in [0.25, 0.3) is 0 Å². The third kappa shape index (κ3) is 4.44. The molecule has 1 fully saturated rings. The average Bonchev–Trinajstić information content (AvgIpc) is 2.95. The van der Waals surface area contributed by atoms with Crippen molar-refractivity contribution in [1.29, 1.82) is 0 Å². The first-order valence-corrected chi connectivity index (χ1v) is 9.57. The molecule has 1 heterocycles. The molecule has 0 bridgehead atoms. The minimum atomic E-state index is -3.09. The predicted molar refractivity (Wildman–Crippen MR) is 91.8 cm³/mol. The highest BCUT2D eigenvalue weighted by Crippen LogP contribution is 2.32. The van der Waals surface area contributed by atoms with Gasteiger partial charge in [-0.15, -0.1) is 0 Å². The van der Waals surface area contributed by atoms with Gasteiger partial charge in [0.05, 0.1) is 5.75 Å². The maximum absolute atomic E-state index is 11.5. The fraction of sp³-hybridized carbons (Fsp3) is 0.625. The minimum absolute atomic E-state index is 0.140. The molecular weight excluding hydrogens is 298 g/mol. The molecule has 22 heavy (non-hydrogen) atoms. The number of benzene rings is 1. The highest BCUT2D eigenvalue weighted by molar-refractivity contribution is 7.89. The Morgan fingerprint density at radius 2 is 2.14 bits per heavy atom. The molecule has 0 aliphatic carbocycles. The van der Waals surface area contributed by atoms with Gasteiger partial charge in [-0.3, -0.25) is 4.90 Å². The van der Waals surface area contributed by atoms with Gasteiger partial charge in [-0.05, 0) is 44.0 Å². The molecule has 0 aromatic heterocycles. The SMILES string of the molecule is CCS(=O)(=O)NCCN1CCC[C@H]1c1cccc(N(C)C)c1. The second-order valence-electron chi connectivity index (χ2n) is 5.98. The Labute approximate surface area is 134 Å². The summed E-state index contributed by atoms with van der Waals surface area (Å²) >= 11 is 0. The lowest BCUT2D eigenvalue weighted by Gasteiger charge is -2.26. The van der Waals surface area contributed by atoms with E-state index in [4.69, 9.17) is 0 Å². The van der Waals surface area contributed by atoms with E-state index in [-0.39, 0.29) is 5.75 Å². The summed E-state index contributed by atoms with van der Waals surface area (Å²) in [5.41, 5.74) is 2.53. The first-order chi connectivity index (χ1) is 10.4. The molecule has 2 rings (SSSR count). The Hall–Kier alpha value is -1.11. The van der Waals surface area contributed by atoms with E-state index in [2.05, 4.69) is 38.8 Å². The second kappa shape index (κ2) is 7.44.